The van der Waals surface area contributed by atoms with E-state index in [1.165, 1.54) is 0 Å². The molecule has 0 saturated heterocycles. The Kier molecular flexibility index (Phi) is 4.16. The molecule has 3 aromatic carbocycles. The van der Waals surface area contributed by atoms with Crippen molar-refractivity contribution in [3.63, 3.8) is 0 Å². The van der Waals surface area contributed by atoms with Gasteiger partial charge in [0.15, 0.2) is 5.04 Å². The number of hydrogen-bond acceptors (Lipinski definition) is 4. The number of hydrogen-bond donors (Lipinski definition) is 1. The normalized spacial score (nSPS) is 14.9. The molecule has 0 unspecified atom stereocenters. The molecule has 0 amide bonds. The SMILES string of the molecule is Cc1ccc(S(=O)(=O)C2=Nc3cccc(N)c3C2=Cc2ccccc2)cc1. The van der Waals surface area contributed by atoms with Gasteiger partial charge in [-0.2, -0.15) is 0 Å². The molecule has 0 fully saturated rings. The second-order valence-electron chi connectivity index (χ2n) is 6.44. The molecule has 134 valence electrons. The van der Waals surface area contributed by atoms with Gasteiger partial charge in [-0.3, -0.25) is 0 Å². The number of nitrogens with two attached hydrogens (primary N) is 1. The van der Waals surface area contributed by atoms with Crippen molar-refractivity contribution in [3.05, 3.63) is 89.5 Å². The predicted octanol–water partition coefficient (Wildman–Crippen LogP) is 4.64. The number of nitrogens with zero attached hydrogens (tertiary/aromatic N) is 1. The molecule has 1 heterocycles. The second kappa shape index (κ2) is 6.52. The maximum Gasteiger partial charge on any atom is 0.224 e. The fourth-order valence-corrected chi connectivity index (χ4v) is 4.49. The van der Waals surface area contributed by atoms with E-state index in [2.05, 4.69) is 4.99 Å². The monoisotopic (exact) mass is 374 g/mol. The first-order valence-corrected chi connectivity index (χ1v) is 10.0. The number of sulfone groups is 1. The molecule has 3 aromatic rings. The molecule has 27 heavy (non-hydrogen) atoms. The molecule has 0 radical (unpaired) electrons. The van der Waals surface area contributed by atoms with Crippen LogP contribution in [0.5, 0.6) is 0 Å². The zero-order chi connectivity index (χ0) is 19.0. The van der Waals surface area contributed by atoms with E-state index in [9.17, 15) is 8.42 Å². The Balaban J connectivity index is 1.93. The Morgan fingerprint density at radius 2 is 1.59 bits per heavy atom. The van der Waals surface area contributed by atoms with Crippen LogP contribution in [-0.4, -0.2) is 13.5 Å². The van der Waals surface area contributed by atoms with E-state index in [0.717, 1.165) is 11.1 Å². The average Bonchev–Trinajstić information content (AvgIpc) is 3.03. The highest BCUT2D eigenvalue weighted by molar-refractivity contribution is 8.07. The minimum atomic E-state index is -3.78. The van der Waals surface area contributed by atoms with E-state index < -0.39 is 9.84 Å². The Hall–Kier alpha value is -3.18. The highest BCUT2D eigenvalue weighted by atomic mass is 32.2. The number of aryl methyl sites for hydroxylation is 1. The molecule has 1 aliphatic heterocycles. The van der Waals surface area contributed by atoms with Gasteiger partial charge in [-0.25, -0.2) is 13.4 Å². The van der Waals surface area contributed by atoms with Crippen LogP contribution in [0.2, 0.25) is 0 Å². The lowest BCUT2D eigenvalue weighted by Gasteiger charge is -2.09. The van der Waals surface area contributed by atoms with Gasteiger partial charge in [0, 0.05) is 16.8 Å². The summed E-state index contributed by atoms with van der Waals surface area (Å²) in [6.45, 7) is 1.92. The van der Waals surface area contributed by atoms with Gasteiger partial charge < -0.3 is 5.73 Å². The fraction of sp³-hybridized carbons (Fsp3) is 0.0455. The lowest BCUT2D eigenvalue weighted by atomic mass is 10.0. The molecule has 5 heteroatoms. The minimum absolute atomic E-state index is 0.0307. The topological polar surface area (TPSA) is 72.5 Å². The minimum Gasteiger partial charge on any atom is -0.398 e. The van der Waals surface area contributed by atoms with Gasteiger partial charge >= 0.3 is 0 Å². The summed E-state index contributed by atoms with van der Waals surface area (Å²) in [6.07, 6.45) is 1.83. The molecule has 0 aliphatic carbocycles. The van der Waals surface area contributed by atoms with Crippen molar-refractivity contribution in [1.82, 2.24) is 0 Å². The highest BCUT2D eigenvalue weighted by Gasteiger charge is 2.33. The Morgan fingerprint density at radius 3 is 2.30 bits per heavy atom. The number of fused-ring (bicyclic) bond motifs is 1. The zero-order valence-electron chi connectivity index (χ0n) is 14.8. The van der Waals surface area contributed by atoms with Crippen LogP contribution in [-0.2, 0) is 9.84 Å². The van der Waals surface area contributed by atoms with Crippen molar-refractivity contribution in [2.75, 3.05) is 5.73 Å². The number of benzene rings is 3. The smallest absolute Gasteiger partial charge is 0.224 e. The molecule has 0 bridgehead atoms. The van der Waals surface area contributed by atoms with Crippen molar-refractivity contribution in [1.29, 1.82) is 0 Å². The second-order valence-corrected chi connectivity index (χ2v) is 8.31. The van der Waals surface area contributed by atoms with Crippen LogP contribution in [0.15, 0.2) is 82.7 Å². The van der Waals surface area contributed by atoms with E-state index in [0.29, 0.717) is 22.5 Å². The van der Waals surface area contributed by atoms with Gasteiger partial charge in [0.05, 0.1) is 10.6 Å². The van der Waals surface area contributed by atoms with E-state index in [1.54, 1.807) is 42.5 Å². The largest absolute Gasteiger partial charge is 0.398 e. The number of aliphatic imine (C=N–C) groups is 1. The third kappa shape index (κ3) is 3.06. The molecule has 0 aromatic heterocycles. The van der Waals surface area contributed by atoms with Crippen LogP contribution < -0.4 is 5.73 Å². The lowest BCUT2D eigenvalue weighted by Crippen LogP contribution is -2.15. The summed E-state index contributed by atoms with van der Waals surface area (Å²) in [4.78, 5) is 4.66. The van der Waals surface area contributed by atoms with Crippen molar-refractivity contribution in [2.24, 2.45) is 4.99 Å². The summed E-state index contributed by atoms with van der Waals surface area (Å²) in [5, 5.41) is 0.0307. The van der Waals surface area contributed by atoms with Crippen molar-refractivity contribution < 1.29 is 8.42 Å². The third-order valence-electron chi connectivity index (χ3n) is 4.49. The zero-order valence-corrected chi connectivity index (χ0v) is 15.6. The number of rotatable bonds is 2. The van der Waals surface area contributed by atoms with Crippen molar-refractivity contribution in [3.8, 4) is 0 Å². The van der Waals surface area contributed by atoms with Gasteiger partial charge in [-0.15, -0.1) is 0 Å². The lowest BCUT2D eigenvalue weighted by molar-refractivity contribution is 0.607. The van der Waals surface area contributed by atoms with Gasteiger partial charge in [-0.1, -0.05) is 54.1 Å². The standard InChI is InChI=1S/C22H18N2O2S/c1-15-10-12-17(13-11-15)27(25,26)22-18(14-16-6-3-2-4-7-16)21-19(23)8-5-9-20(21)24-22/h2-14H,23H2,1H3. The molecule has 2 N–H and O–H groups in total. The van der Waals surface area contributed by atoms with Crippen LogP contribution in [0.3, 0.4) is 0 Å². The van der Waals surface area contributed by atoms with Crippen LogP contribution in [0, 0.1) is 6.92 Å². The summed E-state index contributed by atoms with van der Waals surface area (Å²) in [5.41, 5.74) is 10.3. The molecule has 0 saturated carbocycles. The molecular weight excluding hydrogens is 356 g/mol. The van der Waals surface area contributed by atoms with Gasteiger partial charge in [0.25, 0.3) is 0 Å². The summed E-state index contributed by atoms with van der Waals surface area (Å²) >= 11 is 0. The first-order chi connectivity index (χ1) is 13.0. The number of anilines is 1. The van der Waals surface area contributed by atoms with Crippen LogP contribution in [0.4, 0.5) is 11.4 Å². The number of nitrogen functional groups attached to an aromatic ring is 1. The summed E-state index contributed by atoms with van der Waals surface area (Å²) < 4.78 is 26.6. The first-order valence-electron chi connectivity index (χ1n) is 8.53. The average molecular weight is 374 g/mol. The van der Waals surface area contributed by atoms with Crippen LogP contribution in [0.25, 0.3) is 11.6 Å². The molecule has 0 atom stereocenters. The van der Waals surface area contributed by atoms with Crippen LogP contribution >= 0.6 is 0 Å². The Morgan fingerprint density at radius 1 is 0.889 bits per heavy atom. The van der Waals surface area contributed by atoms with Crippen molar-refractivity contribution in [2.45, 2.75) is 11.8 Å². The Bertz CT molecular complexity index is 1180. The molecule has 0 spiro atoms. The quantitative estimate of drug-likeness (QED) is 0.665. The van der Waals surface area contributed by atoms with Crippen molar-refractivity contribution >= 4 is 37.9 Å². The first kappa shape index (κ1) is 17.2. The molecular formula is C22H18N2O2S. The van der Waals surface area contributed by atoms with Gasteiger partial charge in [0.2, 0.25) is 9.84 Å². The van der Waals surface area contributed by atoms with E-state index >= 15 is 0 Å². The predicted molar refractivity (Wildman–Crippen MR) is 111 cm³/mol. The maximum absolute atomic E-state index is 13.3. The highest BCUT2D eigenvalue weighted by Crippen LogP contribution is 2.42. The summed E-state index contributed by atoms with van der Waals surface area (Å²) in [5.74, 6) is 0. The molecule has 4 rings (SSSR count). The van der Waals surface area contributed by atoms with E-state index in [4.69, 9.17) is 5.73 Å². The summed E-state index contributed by atoms with van der Waals surface area (Å²) in [6, 6.07) is 21.7. The molecule has 1 aliphatic rings. The van der Waals surface area contributed by atoms with Gasteiger partial charge in [0.1, 0.15) is 0 Å². The fourth-order valence-electron chi connectivity index (χ4n) is 3.10. The Labute approximate surface area is 158 Å². The van der Waals surface area contributed by atoms with Gasteiger partial charge in [-0.05, 0) is 42.8 Å². The maximum atomic E-state index is 13.3. The third-order valence-corrected chi connectivity index (χ3v) is 6.21. The molecule has 4 nitrogen and oxygen atoms in total. The van der Waals surface area contributed by atoms with Crippen LogP contribution in [0.1, 0.15) is 16.7 Å². The van der Waals surface area contributed by atoms with E-state index in [-0.39, 0.29) is 9.94 Å². The van der Waals surface area contributed by atoms with E-state index in [1.807, 2.05) is 43.3 Å². The summed E-state index contributed by atoms with van der Waals surface area (Å²) in [7, 11) is -3.78.